The lowest BCUT2D eigenvalue weighted by atomic mass is 10.2. The smallest absolute Gasteiger partial charge is 0.307 e. The van der Waals surface area contributed by atoms with E-state index in [0.29, 0.717) is 6.42 Å². The highest BCUT2D eigenvalue weighted by atomic mass is 35.5. The van der Waals surface area contributed by atoms with E-state index in [-0.39, 0.29) is 12.0 Å². The molecule has 1 aromatic carbocycles. The van der Waals surface area contributed by atoms with Crippen LogP contribution in [0.15, 0.2) is 34.2 Å². The normalized spacial score (nSPS) is 18.2. The van der Waals surface area contributed by atoms with Crippen molar-refractivity contribution in [2.75, 3.05) is 18.6 Å². The number of nitrogens with zero attached hydrogens (tertiary/aromatic N) is 1. The van der Waals surface area contributed by atoms with Gasteiger partial charge in [0.2, 0.25) is 0 Å². The van der Waals surface area contributed by atoms with E-state index >= 15 is 0 Å². The minimum Gasteiger partial charge on any atom is -0.469 e. The Morgan fingerprint density at radius 3 is 3.21 bits per heavy atom. The number of aliphatic imine (C=N–C) groups is 1. The van der Waals surface area contributed by atoms with E-state index in [1.54, 1.807) is 23.5 Å². The Kier molecular flexibility index (Phi) is 5.60. The first-order valence-electron chi connectivity index (χ1n) is 5.82. The third-order valence-electron chi connectivity index (χ3n) is 2.56. The summed E-state index contributed by atoms with van der Waals surface area (Å²) in [6.45, 7) is 0. The van der Waals surface area contributed by atoms with Gasteiger partial charge in [0.25, 0.3) is 0 Å². The number of methoxy groups -OCH3 is 1. The zero-order chi connectivity index (χ0) is 13.7. The summed E-state index contributed by atoms with van der Waals surface area (Å²) in [5, 5.41) is 1.83. The van der Waals surface area contributed by atoms with Crippen molar-refractivity contribution in [1.29, 1.82) is 0 Å². The molecule has 0 spiro atoms. The maximum Gasteiger partial charge on any atom is 0.307 e. The monoisotopic (exact) mass is 315 g/mol. The van der Waals surface area contributed by atoms with Crippen molar-refractivity contribution in [2.24, 2.45) is 4.99 Å². The number of hydrogen-bond donors (Lipinski definition) is 0. The lowest BCUT2D eigenvalue weighted by Gasteiger charge is -2.02. The standard InChI is InChI=1S/C13H14ClNO2S2/c1-17-13(16)6-10-7-19-12(15-10)8-18-11-4-2-3-9(14)5-11/h2-5,10H,6-8H2,1H3. The van der Waals surface area contributed by atoms with Crippen LogP contribution in [0.4, 0.5) is 0 Å². The maximum absolute atomic E-state index is 11.2. The quantitative estimate of drug-likeness (QED) is 0.615. The van der Waals surface area contributed by atoms with Gasteiger partial charge >= 0.3 is 5.97 Å². The van der Waals surface area contributed by atoms with Crippen LogP contribution in [0.3, 0.4) is 0 Å². The van der Waals surface area contributed by atoms with E-state index in [9.17, 15) is 4.79 Å². The van der Waals surface area contributed by atoms with Gasteiger partial charge < -0.3 is 4.74 Å². The zero-order valence-electron chi connectivity index (χ0n) is 10.5. The van der Waals surface area contributed by atoms with Gasteiger partial charge in [0.1, 0.15) is 0 Å². The number of carbonyl (C=O) groups excluding carboxylic acids is 1. The van der Waals surface area contributed by atoms with E-state index < -0.39 is 0 Å². The molecular formula is C13H14ClNO2S2. The van der Waals surface area contributed by atoms with Crippen molar-refractivity contribution in [1.82, 2.24) is 0 Å². The molecule has 3 nitrogen and oxygen atoms in total. The largest absolute Gasteiger partial charge is 0.469 e. The van der Waals surface area contributed by atoms with E-state index in [1.165, 1.54) is 7.11 Å². The Balaban J connectivity index is 1.84. The van der Waals surface area contributed by atoms with Gasteiger partial charge in [-0.05, 0) is 18.2 Å². The second-order valence-corrected chi connectivity index (χ2v) is 6.59. The van der Waals surface area contributed by atoms with Crippen molar-refractivity contribution >= 4 is 46.1 Å². The molecule has 1 unspecified atom stereocenters. The molecule has 2 rings (SSSR count). The van der Waals surface area contributed by atoms with Gasteiger partial charge in [0.15, 0.2) is 0 Å². The van der Waals surface area contributed by atoms with Crippen molar-refractivity contribution in [3.05, 3.63) is 29.3 Å². The fourth-order valence-electron chi connectivity index (χ4n) is 1.63. The molecule has 1 aliphatic rings. The summed E-state index contributed by atoms with van der Waals surface area (Å²) in [7, 11) is 1.41. The Morgan fingerprint density at radius 2 is 2.47 bits per heavy atom. The number of thioether (sulfide) groups is 2. The predicted octanol–water partition coefficient (Wildman–Crippen LogP) is 3.51. The molecular weight excluding hydrogens is 302 g/mol. The molecule has 0 bridgehead atoms. The average molecular weight is 316 g/mol. The van der Waals surface area contributed by atoms with Gasteiger partial charge in [-0.15, -0.1) is 23.5 Å². The van der Waals surface area contributed by atoms with Crippen LogP contribution in [0, 0.1) is 0 Å². The maximum atomic E-state index is 11.2. The number of hydrogen-bond acceptors (Lipinski definition) is 5. The number of benzene rings is 1. The number of rotatable bonds is 5. The first kappa shape index (κ1) is 14.8. The summed E-state index contributed by atoms with van der Waals surface area (Å²) in [4.78, 5) is 16.8. The molecule has 0 amide bonds. The van der Waals surface area contributed by atoms with Crippen LogP contribution in [-0.2, 0) is 9.53 Å². The number of esters is 1. The molecule has 0 radical (unpaired) electrons. The lowest BCUT2D eigenvalue weighted by Crippen LogP contribution is -2.12. The highest BCUT2D eigenvalue weighted by molar-refractivity contribution is 8.16. The van der Waals surface area contributed by atoms with Crippen molar-refractivity contribution in [3.63, 3.8) is 0 Å². The summed E-state index contributed by atoms with van der Waals surface area (Å²) in [6, 6.07) is 7.84. The molecule has 1 heterocycles. The Bertz CT molecular complexity index is 493. The van der Waals surface area contributed by atoms with Gasteiger partial charge in [0.05, 0.1) is 24.6 Å². The van der Waals surface area contributed by atoms with Crippen molar-refractivity contribution in [2.45, 2.75) is 17.4 Å². The molecule has 102 valence electrons. The highest BCUT2D eigenvalue weighted by Crippen LogP contribution is 2.27. The van der Waals surface area contributed by atoms with Gasteiger partial charge in [-0.3, -0.25) is 9.79 Å². The Hall–Kier alpha value is -0.650. The molecule has 0 saturated heterocycles. The third kappa shape index (κ3) is 4.75. The van der Waals surface area contributed by atoms with Crippen LogP contribution in [-0.4, -0.2) is 35.7 Å². The van der Waals surface area contributed by atoms with Crippen LogP contribution in [0.2, 0.25) is 5.02 Å². The van der Waals surface area contributed by atoms with Gasteiger partial charge in [-0.25, -0.2) is 0 Å². The number of halogens is 1. The minimum atomic E-state index is -0.196. The molecule has 0 saturated carbocycles. The highest BCUT2D eigenvalue weighted by Gasteiger charge is 2.21. The Labute approximate surface area is 126 Å². The molecule has 1 aromatic rings. The fourth-order valence-corrected chi connectivity index (χ4v) is 3.95. The molecule has 0 aliphatic carbocycles. The van der Waals surface area contributed by atoms with E-state index in [1.807, 2.05) is 24.3 Å². The fraction of sp³-hybridized carbons (Fsp3) is 0.385. The van der Waals surface area contributed by atoms with Crippen LogP contribution < -0.4 is 0 Å². The topological polar surface area (TPSA) is 38.7 Å². The molecule has 0 fully saturated rings. The van der Waals surface area contributed by atoms with Crippen molar-refractivity contribution < 1.29 is 9.53 Å². The van der Waals surface area contributed by atoms with Crippen molar-refractivity contribution in [3.8, 4) is 0 Å². The number of ether oxygens (including phenoxy) is 1. The summed E-state index contributed by atoms with van der Waals surface area (Å²) in [5.41, 5.74) is 0. The zero-order valence-corrected chi connectivity index (χ0v) is 12.9. The van der Waals surface area contributed by atoms with Gasteiger partial charge in [0, 0.05) is 21.4 Å². The summed E-state index contributed by atoms with van der Waals surface area (Å²) in [5.74, 6) is 1.49. The summed E-state index contributed by atoms with van der Waals surface area (Å²) in [6.07, 6.45) is 0.370. The predicted molar refractivity (Wildman–Crippen MR) is 82.5 cm³/mol. The second-order valence-electron chi connectivity index (χ2n) is 4.01. The molecule has 1 aliphatic heterocycles. The van der Waals surface area contributed by atoms with Crippen LogP contribution in [0.1, 0.15) is 6.42 Å². The van der Waals surface area contributed by atoms with E-state index in [0.717, 1.165) is 26.5 Å². The third-order valence-corrected chi connectivity index (χ3v) is 5.11. The lowest BCUT2D eigenvalue weighted by molar-refractivity contribution is -0.140. The second kappa shape index (κ2) is 7.22. The Morgan fingerprint density at radius 1 is 1.63 bits per heavy atom. The molecule has 1 atom stereocenters. The molecule has 6 heteroatoms. The average Bonchev–Trinajstić information content (AvgIpc) is 2.84. The van der Waals surface area contributed by atoms with Gasteiger partial charge in [-0.2, -0.15) is 0 Å². The first-order chi connectivity index (χ1) is 9.17. The SMILES string of the molecule is COC(=O)CC1CSC(CSc2cccc(Cl)c2)=N1. The van der Waals surface area contributed by atoms with Gasteiger partial charge in [-0.1, -0.05) is 17.7 Å². The van der Waals surface area contributed by atoms with E-state index in [2.05, 4.69) is 9.73 Å². The van der Waals surface area contributed by atoms with Crippen LogP contribution >= 0.6 is 35.1 Å². The van der Waals surface area contributed by atoms with Crippen LogP contribution in [0.25, 0.3) is 0 Å². The molecule has 0 aromatic heterocycles. The minimum absolute atomic E-state index is 0.0624. The molecule has 0 N–H and O–H groups in total. The first-order valence-corrected chi connectivity index (χ1v) is 8.17. The molecule has 19 heavy (non-hydrogen) atoms. The van der Waals surface area contributed by atoms with E-state index in [4.69, 9.17) is 11.6 Å². The number of carbonyl (C=O) groups is 1. The summed E-state index contributed by atoms with van der Waals surface area (Å²) >= 11 is 9.36. The van der Waals surface area contributed by atoms with Crippen LogP contribution in [0.5, 0.6) is 0 Å². The summed E-state index contributed by atoms with van der Waals surface area (Å²) < 4.78 is 4.65.